The van der Waals surface area contributed by atoms with E-state index < -0.39 is 5.76 Å². The highest BCUT2D eigenvalue weighted by atomic mass is 16.6. The third-order valence-electron chi connectivity index (χ3n) is 5.39. The van der Waals surface area contributed by atoms with E-state index >= 15 is 0 Å². The van der Waals surface area contributed by atoms with Gasteiger partial charge in [0, 0.05) is 6.54 Å². The Morgan fingerprint density at radius 3 is 2.79 bits per heavy atom. The number of carbonyl (C=O) groups excluding carboxylic acids is 1. The molecule has 2 aliphatic heterocycles. The maximum absolute atomic E-state index is 13.0. The number of hydrogen-bond donors (Lipinski definition) is 0. The van der Waals surface area contributed by atoms with Crippen molar-refractivity contribution in [1.29, 1.82) is 0 Å². The molecule has 28 heavy (non-hydrogen) atoms. The number of ether oxygens (including phenoxy) is 2. The Kier molecular flexibility index (Phi) is 4.07. The van der Waals surface area contributed by atoms with Crippen molar-refractivity contribution < 1.29 is 18.7 Å². The summed E-state index contributed by atoms with van der Waals surface area (Å²) in [7, 11) is 0. The number of benzene rings is 2. The van der Waals surface area contributed by atoms with Crippen LogP contribution in [0.1, 0.15) is 24.4 Å². The highest BCUT2D eigenvalue weighted by Crippen LogP contribution is 2.38. The normalized spacial score (nSPS) is 18.6. The Hall–Kier alpha value is -3.22. The molecule has 2 aromatic carbocycles. The maximum Gasteiger partial charge on any atom is 0.420 e. The number of carbonyl (C=O) groups is 1. The summed E-state index contributed by atoms with van der Waals surface area (Å²) in [6.07, 6.45) is 1.80. The smallest absolute Gasteiger partial charge is 0.420 e. The van der Waals surface area contributed by atoms with Gasteiger partial charge < -0.3 is 18.8 Å². The van der Waals surface area contributed by atoms with Crippen molar-refractivity contribution in [1.82, 2.24) is 9.47 Å². The van der Waals surface area contributed by atoms with Crippen molar-refractivity contribution in [2.45, 2.75) is 25.4 Å². The lowest BCUT2D eigenvalue weighted by Crippen LogP contribution is -2.35. The molecule has 1 atom stereocenters. The largest absolute Gasteiger partial charge is 0.486 e. The number of fused-ring (bicyclic) bond motifs is 2. The standard InChI is InChI=1S/C21H20N2O5/c24-20(13-23-16-4-1-2-6-17(16)28-21(23)25)22-9-3-5-15(22)14-7-8-18-19(12-14)27-11-10-26-18/h1-2,4,6-8,12,15H,3,5,9-11,13H2/t15-/m0/s1. The van der Waals surface area contributed by atoms with Crippen molar-refractivity contribution >= 4 is 17.0 Å². The topological polar surface area (TPSA) is 73.9 Å². The lowest BCUT2D eigenvalue weighted by Gasteiger charge is -2.27. The van der Waals surface area contributed by atoms with Crippen LogP contribution in [0.4, 0.5) is 0 Å². The minimum atomic E-state index is -0.510. The van der Waals surface area contributed by atoms with Gasteiger partial charge in [0.2, 0.25) is 5.91 Å². The van der Waals surface area contributed by atoms with Crippen molar-refractivity contribution in [3.63, 3.8) is 0 Å². The fourth-order valence-electron chi connectivity index (χ4n) is 4.07. The summed E-state index contributed by atoms with van der Waals surface area (Å²) in [5, 5.41) is 0. The number of rotatable bonds is 3. The molecule has 2 aliphatic rings. The van der Waals surface area contributed by atoms with Gasteiger partial charge in [-0.25, -0.2) is 4.79 Å². The monoisotopic (exact) mass is 380 g/mol. The molecule has 7 heteroatoms. The summed E-state index contributed by atoms with van der Waals surface area (Å²) in [5.74, 6) is 0.859. The van der Waals surface area contributed by atoms with Gasteiger partial charge in [-0.2, -0.15) is 0 Å². The van der Waals surface area contributed by atoms with E-state index in [1.807, 2.05) is 29.2 Å². The first kappa shape index (κ1) is 16.9. The Morgan fingerprint density at radius 1 is 1.07 bits per heavy atom. The van der Waals surface area contributed by atoms with E-state index in [0.717, 1.165) is 29.9 Å². The van der Waals surface area contributed by atoms with Gasteiger partial charge in [0.05, 0.1) is 11.6 Å². The minimum absolute atomic E-state index is 0.0304. The second-order valence-corrected chi connectivity index (χ2v) is 7.07. The van der Waals surface area contributed by atoms with Crippen molar-refractivity contribution in [2.24, 2.45) is 0 Å². The number of para-hydroxylation sites is 2. The van der Waals surface area contributed by atoms with Crippen LogP contribution in [0.15, 0.2) is 51.7 Å². The van der Waals surface area contributed by atoms with E-state index in [2.05, 4.69) is 0 Å². The van der Waals surface area contributed by atoms with Crippen LogP contribution in [-0.2, 0) is 11.3 Å². The molecule has 7 nitrogen and oxygen atoms in total. The average molecular weight is 380 g/mol. The van der Waals surface area contributed by atoms with Crippen molar-refractivity contribution in [3.05, 3.63) is 58.6 Å². The summed E-state index contributed by atoms with van der Waals surface area (Å²) < 4.78 is 17.9. The zero-order valence-corrected chi connectivity index (χ0v) is 15.3. The van der Waals surface area contributed by atoms with Crippen LogP contribution in [0.5, 0.6) is 11.5 Å². The van der Waals surface area contributed by atoms with E-state index in [-0.39, 0.29) is 18.5 Å². The van der Waals surface area contributed by atoms with Gasteiger partial charge in [0.1, 0.15) is 19.8 Å². The third-order valence-corrected chi connectivity index (χ3v) is 5.39. The molecule has 0 N–H and O–H groups in total. The number of likely N-dealkylation sites (tertiary alicyclic amines) is 1. The fraction of sp³-hybridized carbons (Fsp3) is 0.333. The molecular weight excluding hydrogens is 360 g/mol. The average Bonchev–Trinajstić information content (AvgIpc) is 3.33. The first-order chi connectivity index (χ1) is 13.7. The predicted octanol–water partition coefficient (Wildman–Crippen LogP) is 2.73. The molecule has 0 bridgehead atoms. The Bertz CT molecular complexity index is 1100. The van der Waals surface area contributed by atoms with Crippen LogP contribution in [0, 0.1) is 0 Å². The molecule has 5 rings (SSSR count). The van der Waals surface area contributed by atoms with E-state index in [9.17, 15) is 9.59 Å². The fourth-order valence-corrected chi connectivity index (χ4v) is 4.07. The van der Waals surface area contributed by atoms with Gasteiger partial charge in [-0.05, 0) is 42.7 Å². The molecule has 0 radical (unpaired) electrons. The molecular formula is C21H20N2O5. The Balaban J connectivity index is 1.41. The Labute approximate surface area is 161 Å². The van der Waals surface area contributed by atoms with Crippen LogP contribution < -0.4 is 15.2 Å². The first-order valence-electron chi connectivity index (χ1n) is 9.48. The molecule has 0 unspecified atom stereocenters. The molecule has 0 spiro atoms. The highest BCUT2D eigenvalue weighted by Gasteiger charge is 2.31. The zero-order valence-electron chi connectivity index (χ0n) is 15.3. The molecule has 1 aromatic heterocycles. The number of oxazole rings is 1. The quantitative estimate of drug-likeness (QED) is 0.699. The van der Waals surface area contributed by atoms with Gasteiger partial charge in [0.25, 0.3) is 0 Å². The molecule has 3 aromatic rings. The predicted molar refractivity (Wildman–Crippen MR) is 102 cm³/mol. The van der Waals surface area contributed by atoms with Gasteiger partial charge in [-0.1, -0.05) is 18.2 Å². The molecule has 1 amide bonds. The minimum Gasteiger partial charge on any atom is -0.486 e. The van der Waals surface area contributed by atoms with Crippen LogP contribution >= 0.6 is 0 Å². The Morgan fingerprint density at radius 2 is 1.89 bits per heavy atom. The van der Waals surface area contributed by atoms with Crippen LogP contribution in [0.25, 0.3) is 11.1 Å². The van der Waals surface area contributed by atoms with E-state index in [1.54, 1.807) is 18.2 Å². The van der Waals surface area contributed by atoms with Crippen molar-refractivity contribution in [2.75, 3.05) is 19.8 Å². The number of nitrogens with zero attached hydrogens (tertiary/aromatic N) is 2. The SMILES string of the molecule is O=C(Cn1c(=O)oc2ccccc21)N1CCC[C@H]1c1ccc2c(c1)OCCO2. The second kappa shape index (κ2) is 6.74. The van der Waals surface area contributed by atoms with Gasteiger partial charge in [0.15, 0.2) is 17.1 Å². The lowest BCUT2D eigenvalue weighted by molar-refractivity contribution is -0.132. The van der Waals surface area contributed by atoms with Crippen LogP contribution in [0.3, 0.4) is 0 Å². The summed E-state index contributed by atoms with van der Waals surface area (Å²) >= 11 is 0. The molecule has 0 saturated carbocycles. The zero-order chi connectivity index (χ0) is 19.1. The lowest BCUT2D eigenvalue weighted by atomic mass is 10.0. The van der Waals surface area contributed by atoms with E-state index in [0.29, 0.717) is 30.9 Å². The highest BCUT2D eigenvalue weighted by molar-refractivity contribution is 5.80. The van der Waals surface area contributed by atoms with Crippen LogP contribution in [0.2, 0.25) is 0 Å². The third kappa shape index (κ3) is 2.83. The van der Waals surface area contributed by atoms with Gasteiger partial charge in [-0.3, -0.25) is 9.36 Å². The summed E-state index contributed by atoms with van der Waals surface area (Å²) in [5.41, 5.74) is 2.15. The summed E-state index contributed by atoms with van der Waals surface area (Å²) in [6, 6.07) is 13.0. The number of hydrogen-bond acceptors (Lipinski definition) is 5. The number of amides is 1. The molecule has 1 saturated heterocycles. The number of aromatic nitrogens is 1. The maximum atomic E-state index is 13.0. The van der Waals surface area contributed by atoms with Crippen molar-refractivity contribution in [3.8, 4) is 11.5 Å². The molecule has 0 aliphatic carbocycles. The van der Waals surface area contributed by atoms with E-state index in [4.69, 9.17) is 13.9 Å². The molecule has 144 valence electrons. The second-order valence-electron chi connectivity index (χ2n) is 7.07. The van der Waals surface area contributed by atoms with Crippen LogP contribution in [-0.4, -0.2) is 35.1 Å². The van der Waals surface area contributed by atoms with Gasteiger partial charge >= 0.3 is 5.76 Å². The molecule has 1 fully saturated rings. The van der Waals surface area contributed by atoms with Gasteiger partial charge in [-0.15, -0.1) is 0 Å². The summed E-state index contributed by atoms with van der Waals surface area (Å²) in [6.45, 7) is 1.72. The summed E-state index contributed by atoms with van der Waals surface area (Å²) in [4.78, 5) is 27.1. The first-order valence-corrected chi connectivity index (χ1v) is 9.48. The van der Waals surface area contributed by atoms with E-state index in [1.165, 1.54) is 4.57 Å². The molecule has 3 heterocycles.